The number of carbonyl (C=O) groups excluding carboxylic acids is 3. The van der Waals surface area contributed by atoms with Crippen molar-refractivity contribution in [2.24, 2.45) is 11.8 Å². The zero-order valence-corrected chi connectivity index (χ0v) is 18.5. The van der Waals surface area contributed by atoms with Crippen LogP contribution in [0.1, 0.15) is 55.5 Å². The Kier molecular flexibility index (Phi) is 7.46. The van der Waals surface area contributed by atoms with Crippen LogP contribution in [0.5, 0.6) is 0 Å². The fourth-order valence-electron chi connectivity index (χ4n) is 4.26. The van der Waals surface area contributed by atoms with Crippen molar-refractivity contribution >= 4 is 17.7 Å². The lowest BCUT2D eigenvalue weighted by Crippen LogP contribution is -2.50. The zero-order valence-electron chi connectivity index (χ0n) is 18.5. The van der Waals surface area contributed by atoms with Crippen LogP contribution in [0.3, 0.4) is 0 Å². The number of halogens is 3. The molecule has 0 atom stereocenters. The Labute approximate surface area is 186 Å². The monoisotopic (exact) mass is 453 g/mol. The highest BCUT2D eigenvalue weighted by molar-refractivity contribution is 5.94. The third-order valence-electron chi connectivity index (χ3n) is 6.26. The molecule has 2 aliphatic heterocycles. The van der Waals surface area contributed by atoms with E-state index in [1.54, 1.807) is 4.90 Å². The molecule has 9 heteroatoms. The summed E-state index contributed by atoms with van der Waals surface area (Å²) in [5.74, 6) is -0.432. The molecule has 3 rings (SSSR count). The summed E-state index contributed by atoms with van der Waals surface area (Å²) in [6, 6.07) is 4.26. The van der Waals surface area contributed by atoms with Gasteiger partial charge in [-0.05, 0) is 49.9 Å². The van der Waals surface area contributed by atoms with Crippen LogP contribution < -0.4 is 5.32 Å². The summed E-state index contributed by atoms with van der Waals surface area (Å²) in [7, 11) is 0. The van der Waals surface area contributed by atoms with Crippen LogP contribution in [0.15, 0.2) is 24.3 Å². The van der Waals surface area contributed by atoms with Gasteiger partial charge in [-0.3, -0.25) is 14.4 Å². The van der Waals surface area contributed by atoms with Crippen LogP contribution in [0.25, 0.3) is 0 Å². The Hall–Kier alpha value is -2.58. The lowest BCUT2D eigenvalue weighted by molar-refractivity contribution is -0.138. The van der Waals surface area contributed by atoms with Crippen molar-refractivity contribution in [2.45, 2.75) is 51.7 Å². The predicted molar refractivity (Wildman–Crippen MR) is 113 cm³/mol. The number of hydrogen-bond acceptors (Lipinski definition) is 3. The van der Waals surface area contributed by atoms with Crippen LogP contribution in [-0.4, -0.2) is 59.7 Å². The van der Waals surface area contributed by atoms with Gasteiger partial charge >= 0.3 is 6.18 Å². The summed E-state index contributed by atoms with van der Waals surface area (Å²) in [5.41, 5.74) is -0.576. The number of likely N-dealkylation sites (tertiary alicyclic amines) is 2. The number of hydrogen-bond donors (Lipinski definition) is 1. The van der Waals surface area contributed by atoms with Gasteiger partial charge < -0.3 is 15.1 Å². The average Bonchev–Trinajstić information content (AvgIpc) is 2.78. The quantitative estimate of drug-likeness (QED) is 0.761. The van der Waals surface area contributed by atoms with Crippen molar-refractivity contribution in [3.05, 3.63) is 35.4 Å². The van der Waals surface area contributed by atoms with Gasteiger partial charge in [-0.1, -0.05) is 13.8 Å². The van der Waals surface area contributed by atoms with Crippen molar-refractivity contribution < 1.29 is 27.6 Å². The molecule has 3 amide bonds. The molecule has 2 saturated heterocycles. The molecule has 0 bridgehead atoms. The summed E-state index contributed by atoms with van der Waals surface area (Å²) >= 11 is 0. The van der Waals surface area contributed by atoms with Crippen LogP contribution >= 0.6 is 0 Å². The Morgan fingerprint density at radius 2 is 1.44 bits per heavy atom. The van der Waals surface area contributed by atoms with Crippen LogP contribution in [-0.2, 0) is 15.8 Å². The van der Waals surface area contributed by atoms with Crippen LogP contribution in [0, 0.1) is 11.8 Å². The fraction of sp³-hybridized carbons (Fsp3) is 0.609. The molecule has 0 unspecified atom stereocenters. The number of amides is 3. The molecule has 32 heavy (non-hydrogen) atoms. The van der Waals surface area contributed by atoms with Gasteiger partial charge in [0.25, 0.3) is 5.91 Å². The topological polar surface area (TPSA) is 69.7 Å². The Morgan fingerprint density at radius 1 is 0.906 bits per heavy atom. The second-order valence-corrected chi connectivity index (χ2v) is 8.90. The number of nitrogens with zero attached hydrogens (tertiary/aromatic N) is 2. The molecule has 2 aliphatic rings. The Bertz CT molecular complexity index is 823. The second-order valence-electron chi connectivity index (χ2n) is 8.90. The fourth-order valence-corrected chi connectivity index (χ4v) is 4.26. The van der Waals surface area contributed by atoms with E-state index in [1.165, 1.54) is 12.1 Å². The highest BCUT2D eigenvalue weighted by atomic mass is 19.4. The number of alkyl halides is 3. The summed E-state index contributed by atoms with van der Waals surface area (Å²) in [6.45, 7) is 5.82. The van der Waals surface area contributed by atoms with Crippen LogP contribution in [0.4, 0.5) is 13.2 Å². The summed E-state index contributed by atoms with van der Waals surface area (Å²) < 4.78 is 38.1. The average molecular weight is 454 g/mol. The number of carbonyl (C=O) groups is 3. The number of rotatable bonds is 4. The summed E-state index contributed by atoms with van der Waals surface area (Å²) in [6.07, 6.45) is -1.94. The zero-order chi connectivity index (χ0) is 23.5. The van der Waals surface area contributed by atoms with Gasteiger partial charge in [0, 0.05) is 49.6 Å². The first-order chi connectivity index (χ1) is 15.1. The van der Waals surface area contributed by atoms with E-state index in [1.807, 2.05) is 18.7 Å². The Balaban J connectivity index is 1.45. The van der Waals surface area contributed by atoms with E-state index in [-0.39, 0.29) is 41.2 Å². The predicted octanol–water partition coefficient (Wildman–Crippen LogP) is 3.32. The minimum atomic E-state index is -4.44. The molecular weight excluding hydrogens is 423 g/mol. The molecular formula is C23H30F3N3O3. The summed E-state index contributed by atoms with van der Waals surface area (Å²) in [5, 5.41) is 3.09. The van der Waals surface area contributed by atoms with Crippen molar-refractivity contribution in [1.82, 2.24) is 15.1 Å². The minimum absolute atomic E-state index is 0.0275. The number of benzene rings is 1. The SMILES string of the molecule is CC(C)C(=O)N1CCC(NC(=O)C2CCN(C(=O)c3ccc(C(F)(F)F)cc3)CC2)CC1. The van der Waals surface area contributed by atoms with Crippen molar-refractivity contribution in [2.75, 3.05) is 26.2 Å². The molecule has 2 fully saturated rings. The molecule has 1 aromatic rings. The van der Waals surface area contributed by atoms with Gasteiger partial charge in [0.15, 0.2) is 0 Å². The number of nitrogens with one attached hydrogen (secondary N) is 1. The van der Waals surface area contributed by atoms with E-state index in [0.29, 0.717) is 39.0 Å². The first-order valence-corrected chi connectivity index (χ1v) is 11.1. The van der Waals surface area contributed by atoms with Gasteiger partial charge in [0.1, 0.15) is 0 Å². The van der Waals surface area contributed by atoms with Crippen LogP contribution in [0.2, 0.25) is 0 Å². The normalized spacial score (nSPS) is 18.7. The maximum Gasteiger partial charge on any atom is 0.416 e. The first kappa shape index (κ1) is 24.1. The van der Waals surface area contributed by atoms with E-state index < -0.39 is 11.7 Å². The number of piperidine rings is 2. The van der Waals surface area contributed by atoms with E-state index in [2.05, 4.69) is 5.32 Å². The minimum Gasteiger partial charge on any atom is -0.353 e. The molecule has 0 spiro atoms. The molecule has 2 heterocycles. The van der Waals surface area contributed by atoms with E-state index >= 15 is 0 Å². The largest absolute Gasteiger partial charge is 0.416 e. The van der Waals surface area contributed by atoms with Gasteiger partial charge in [-0.15, -0.1) is 0 Å². The molecule has 0 aliphatic carbocycles. The van der Waals surface area contributed by atoms with E-state index in [0.717, 1.165) is 25.0 Å². The van der Waals surface area contributed by atoms with E-state index in [9.17, 15) is 27.6 Å². The maximum atomic E-state index is 12.7. The third kappa shape index (κ3) is 5.81. The first-order valence-electron chi connectivity index (χ1n) is 11.1. The van der Waals surface area contributed by atoms with Crippen molar-refractivity contribution in [3.63, 3.8) is 0 Å². The lowest BCUT2D eigenvalue weighted by atomic mass is 9.94. The van der Waals surface area contributed by atoms with Crippen molar-refractivity contribution in [3.8, 4) is 0 Å². The Morgan fingerprint density at radius 3 is 1.94 bits per heavy atom. The molecule has 1 N–H and O–H groups in total. The molecule has 0 saturated carbocycles. The lowest BCUT2D eigenvalue weighted by Gasteiger charge is -2.35. The summed E-state index contributed by atoms with van der Waals surface area (Å²) in [4.78, 5) is 40.8. The smallest absolute Gasteiger partial charge is 0.353 e. The van der Waals surface area contributed by atoms with Gasteiger partial charge in [0.2, 0.25) is 11.8 Å². The highest BCUT2D eigenvalue weighted by Crippen LogP contribution is 2.29. The maximum absolute atomic E-state index is 12.7. The highest BCUT2D eigenvalue weighted by Gasteiger charge is 2.32. The molecule has 6 nitrogen and oxygen atoms in total. The van der Waals surface area contributed by atoms with Crippen molar-refractivity contribution in [1.29, 1.82) is 0 Å². The van der Waals surface area contributed by atoms with Gasteiger partial charge in [-0.25, -0.2) is 0 Å². The standard InChI is InChI=1S/C23H30F3N3O3/c1-15(2)21(31)28-13-9-19(10-14-28)27-20(30)16-7-11-29(12-8-16)22(32)17-3-5-18(6-4-17)23(24,25)26/h3-6,15-16,19H,7-14H2,1-2H3,(H,27,30). The molecule has 176 valence electrons. The molecule has 0 aromatic heterocycles. The molecule has 1 aromatic carbocycles. The van der Waals surface area contributed by atoms with Gasteiger partial charge in [0.05, 0.1) is 5.56 Å². The molecule has 0 radical (unpaired) electrons. The van der Waals surface area contributed by atoms with Gasteiger partial charge in [-0.2, -0.15) is 13.2 Å². The third-order valence-corrected chi connectivity index (χ3v) is 6.26. The second kappa shape index (κ2) is 9.92. The van der Waals surface area contributed by atoms with E-state index in [4.69, 9.17) is 0 Å².